The van der Waals surface area contributed by atoms with Crippen molar-refractivity contribution in [2.24, 2.45) is 0 Å². The number of allylic oxidation sites excluding steroid dienone is 1. The van der Waals surface area contributed by atoms with Crippen LogP contribution in [0.25, 0.3) is 0 Å². The average Bonchev–Trinajstić information content (AvgIpc) is 2.50. The predicted octanol–water partition coefficient (Wildman–Crippen LogP) is 3.20. The third kappa shape index (κ3) is 2.59. The lowest BCUT2D eigenvalue weighted by Gasteiger charge is -2.34. The zero-order chi connectivity index (χ0) is 13.1. The highest BCUT2D eigenvalue weighted by Crippen LogP contribution is 2.32. The molecule has 2 aliphatic rings. The zero-order valence-electron chi connectivity index (χ0n) is 11.3. The first-order chi connectivity index (χ1) is 9.28. The molecule has 0 aromatic heterocycles. The maximum Gasteiger partial charge on any atom is 0.112 e. The number of hydrogen-bond acceptors (Lipinski definition) is 2. The molecule has 1 N–H and O–H groups in total. The van der Waals surface area contributed by atoms with E-state index in [1.165, 1.54) is 25.0 Å². The molecule has 0 spiro atoms. The van der Waals surface area contributed by atoms with Crippen LogP contribution >= 0.6 is 0 Å². The minimum absolute atomic E-state index is 0.666. The van der Waals surface area contributed by atoms with Gasteiger partial charge in [-0.25, -0.2) is 0 Å². The third-order valence-electron chi connectivity index (χ3n) is 4.15. The quantitative estimate of drug-likeness (QED) is 0.877. The van der Waals surface area contributed by atoms with E-state index in [0.717, 1.165) is 18.7 Å². The van der Waals surface area contributed by atoms with Crippen LogP contribution in [-0.2, 0) is 5.60 Å². The van der Waals surface area contributed by atoms with Crippen molar-refractivity contribution in [2.75, 3.05) is 13.1 Å². The van der Waals surface area contributed by atoms with Crippen LogP contribution in [0.5, 0.6) is 0 Å². The van der Waals surface area contributed by atoms with Crippen molar-refractivity contribution in [1.29, 1.82) is 0 Å². The van der Waals surface area contributed by atoms with Gasteiger partial charge < -0.3 is 10.0 Å². The fourth-order valence-electron chi connectivity index (χ4n) is 2.95. The Morgan fingerprint density at radius 2 is 1.74 bits per heavy atom. The standard InChI is InChI=1S/C17H21NO/c19-17(15-7-3-1-4-8-15)11-9-16(10-12-17)18-13-5-2-6-14-18/h1,3-4,7-11,19H,2,5-6,12-14H2. The summed E-state index contributed by atoms with van der Waals surface area (Å²) < 4.78 is 0. The Morgan fingerprint density at radius 1 is 1.00 bits per heavy atom. The van der Waals surface area contributed by atoms with Crippen LogP contribution in [0.1, 0.15) is 31.2 Å². The Kier molecular flexibility index (Phi) is 3.43. The van der Waals surface area contributed by atoms with Crippen LogP contribution in [0.2, 0.25) is 0 Å². The highest BCUT2D eigenvalue weighted by molar-refractivity contribution is 5.35. The average molecular weight is 255 g/mol. The van der Waals surface area contributed by atoms with Gasteiger partial charge in [-0.2, -0.15) is 0 Å². The SMILES string of the molecule is OC1(c2ccccc2)C=CC(N2CCCCC2)=CC1. The van der Waals surface area contributed by atoms with E-state index in [1.807, 2.05) is 36.4 Å². The molecule has 2 heteroatoms. The van der Waals surface area contributed by atoms with E-state index in [1.54, 1.807) is 0 Å². The second kappa shape index (κ2) is 5.22. The minimum atomic E-state index is -0.833. The van der Waals surface area contributed by atoms with Gasteiger partial charge in [0.1, 0.15) is 5.60 Å². The van der Waals surface area contributed by atoms with Crippen LogP contribution < -0.4 is 0 Å². The highest BCUT2D eigenvalue weighted by atomic mass is 16.3. The Labute approximate surface area is 115 Å². The molecule has 0 bridgehead atoms. The van der Waals surface area contributed by atoms with Gasteiger partial charge in [0.05, 0.1) is 0 Å². The number of benzene rings is 1. The van der Waals surface area contributed by atoms with E-state index in [2.05, 4.69) is 17.1 Å². The van der Waals surface area contributed by atoms with E-state index in [4.69, 9.17) is 0 Å². The first kappa shape index (κ1) is 12.5. The second-order valence-electron chi connectivity index (χ2n) is 5.50. The summed E-state index contributed by atoms with van der Waals surface area (Å²) in [5.41, 5.74) is 1.42. The van der Waals surface area contributed by atoms with Gasteiger partial charge in [0, 0.05) is 25.2 Å². The molecule has 1 aliphatic heterocycles. The van der Waals surface area contributed by atoms with Crippen LogP contribution in [0.15, 0.2) is 54.3 Å². The molecule has 1 aliphatic carbocycles. The summed E-state index contributed by atoms with van der Waals surface area (Å²) >= 11 is 0. The van der Waals surface area contributed by atoms with E-state index < -0.39 is 5.60 Å². The third-order valence-corrected chi connectivity index (χ3v) is 4.15. The Hall–Kier alpha value is -1.54. The lowest BCUT2D eigenvalue weighted by molar-refractivity contribution is 0.0896. The maximum atomic E-state index is 10.7. The number of piperidine rings is 1. The van der Waals surface area contributed by atoms with Crippen molar-refractivity contribution in [3.05, 3.63) is 59.8 Å². The zero-order valence-corrected chi connectivity index (χ0v) is 11.3. The number of nitrogens with zero attached hydrogens (tertiary/aromatic N) is 1. The van der Waals surface area contributed by atoms with E-state index in [-0.39, 0.29) is 0 Å². The molecular weight excluding hydrogens is 234 g/mol. The van der Waals surface area contributed by atoms with Gasteiger partial charge in [0.15, 0.2) is 0 Å². The molecule has 2 nitrogen and oxygen atoms in total. The maximum absolute atomic E-state index is 10.7. The van der Waals surface area contributed by atoms with Crippen molar-refractivity contribution < 1.29 is 5.11 Å². The molecule has 0 amide bonds. The summed E-state index contributed by atoms with van der Waals surface area (Å²) in [5.74, 6) is 0. The van der Waals surface area contributed by atoms with Crippen molar-refractivity contribution in [2.45, 2.75) is 31.3 Å². The second-order valence-corrected chi connectivity index (χ2v) is 5.50. The highest BCUT2D eigenvalue weighted by Gasteiger charge is 2.28. The lowest BCUT2D eigenvalue weighted by atomic mass is 9.86. The fourth-order valence-corrected chi connectivity index (χ4v) is 2.95. The van der Waals surface area contributed by atoms with Gasteiger partial charge in [-0.05, 0) is 37.0 Å². The summed E-state index contributed by atoms with van der Waals surface area (Å²) in [5, 5.41) is 10.7. The van der Waals surface area contributed by atoms with Crippen molar-refractivity contribution in [3.8, 4) is 0 Å². The van der Waals surface area contributed by atoms with E-state index >= 15 is 0 Å². The molecule has 1 unspecified atom stereocenters. The molecule has 3 rings (SSSR count). The predicted molar refractivity (Wildman–Crippen MR) is 77.6 cm³/mol. The van der Waals surface area contributed by atoms with Crippen LogP contribution in [-0.4, -0.2) is 23.1 Å². The molecule has 1 atom stereocenters. The minimum Gasteiger partial charge on any atom is -0.381 e. The van der Waals surface area contributed by atoms with Gasteiger partial charge in [0.25, 0.3) is 0 Å². The van der Waals surface area contributed by atoms with Gasteiger partial charge in [-0.3, -0.25) is 0 Å². The van der Waals surface area contributed by atoms with Crippen LogP contribution in [0.3, 0.4) is 0 Å². The Morgan fingerprint density at radius 3 is 2.37 bits per heavy atom. The molecule has 1 heterocycles. The number of aliphatic hydroxyl groups is 1. The normalized spacial score (nSPS) is 27.2. The van der Waals surface area contributed by atoms with Gasteiger partial charge in [0.2, 0.25) is 0 Å². The Bertz CT molecular complexity index is 485. The molecular formula is C17H21NO. The largest absolute Gasteiger partial charge is 0.381 e. The summed E-state index contributed by atoms with van der Waals surface area (Å²) in [6.45, 7) is 2.31. The molecule has 100 valence electrons. The van der Waals surface area contributed by atoms with Gasteiger partial charge in [-0.1, -0.05) is 36.4 Å². The summed E-state index contributed by atoms with van der Waals surface area (Å²) in [6.07, 6.45) is 10.8. The van der Waals surface area contributed by atoms with E-state index in [0.29, 0.717) is 6.42 Å². The fraction of sp³-hybridized carbons (Fsp3) is 0.412. The van der Waals surface area contributed by atoms with Crippen LogP contribution in [0.4, 0.5) is 0 Å². The van der Waals surface area contributed by atoms with Crippen molar-refractivity contribution in [1.82, 2.24) is 4.90 Å². The molecule has 1 fully saturated rings. The topological polar surface area (TPSA) is 23.5 Å². The number of likely N-dealkylation sites (tertiary alicyclic amines) is 1. The number of rotatable bonds is 2. The van der Waals surface area contributed by atoms with Crippen LogP contribution in [0, 0.1) is 0 Å². The van der Waals surface area contributed by atoms with E-state index in [9.17, 15) is 5.11 Å². The summed E-state index contributed by atoms with van der Waals surface area (Å²) in [6, 6.07) is 9.92. The monoisotopic (exact) mass is 255 g/mol. The molecule has 1 saturated heterocycles. The van der Waals surface area contributed by atoms with Crippen molar-refractivity contribution in [3.63, 3.8) is 0 Å². The molecule has 1 aromatic carbocycles. The lowest BCUT2D eigenvalue weighted by Crippen LogP contribution is -2.31. The smallest absolute Gasteiger partial charge is 0.112 e. The molecule has 1 aromatic rings. The molecule has 0 radical (unpaired) electrons. The Balaban J connectivity index is 1.75. The van der Waals surface area contributed by atoms with Crippen molar-refractivity contribution >= 4 is 0 Å². The first-order valence-electron chi connectivity index (χ1n) is 7.20. The van der Waals surface area contributed by atoms with Gasteiger partial charge >= 0.3 is 0 Å². The number of hydrogen-bond donors (Lipinski definition) is 1. The summed E-state index contributed by atoms with van der Waals surface area (Å²) in [7, 11) is 0. The molecule has 19 heavy (non-hydrogen) atoms. The molecule has 0 saturated carbocycles. The van der Waals surface area contributed by atoms with Gasteiger partial charge in [-0.15, -0.1) is 0 Å². The summed E-state index contributed by atoms with van der Waals surface area (Å²) in [4.78, 5) is 2.44. The first-order valence-corrected chi connectivity index (χ1v) is 7.20.